The van der Waals surface area contributed by atoms with Crippen molar-refractivity contribution in [3.05, 3.63) is 161 Å². The Balaban J connectivity index is 1.06. The van der Waals surface area contributed by atoms with Crippen LogP contribution in [0.1, 0.15) is 29.7 Å². The van der Waals surface area contributed by atoms with Crippen molar-refractivity contribution in [3.8, 4) is 16.9 Å². The molecule has 1 heterocycles. The highest BCUT2D eigenvalue weighted by Crippen LogP contribution is 2.31. The lowest BCUT2D eigenvalue weighted by Gasteiger charge is -2.20. The topological polar surface area (TPSA) is 115 Å². The number of benzene rings is 5. The van der Waals surface area contributed by atoms with Gasteiger partial charge in [-0.3, -0.25) is 4.79 Å². The van der Waals surface area contributed by atoms with Gasteiger partial charge in [-0.1, -0.05) is 97.1 Å². The molecule has 1 unspecified atom stereocenters. The Morgan fingerprint density at radius 3 is 2.33 bits per heavy atom. The maximum atomic E-state index is 13.0. The lowest BCUT2D eigenvalue weighted by Crippen LogP contribution is -2.32. The van der Waals surface area contributed by atoms with Gasteiger partial charge in [-0.15, -0.1) is 0 Å². The molecule has 2 atom stereocenters. The van der Waals surface area contributed by atoms with E-state index in [-0.39, 0.29) is 17.6 Å². The van der Waals surface area contributed by atoms with Crippen LogP contribution in [-0.2, 0) is 13.0 Å². The minimum atomic E-state index is -0.820. The number of aromatic nitrogens is 1. The lowest BCUT2D eigenvalue weighted by molar-refractivity contribution is 0.172. The van der Waals surface area contributed by atoms with Gasteiger partial charge in [-0.25, -0.2) is 4.79 Å². The molecular weight excluding hydrogens is 600 g/mol. The predicted molar refractivity (Wildman–Crippen MR) is 192 cm³/mol. The van der Waals surface area contributed by atoms with E-state index in [2.05, 4.69) is 27.9 Å². The summed E-state index contributed by atoms with van der Waals surface area (Å²) in [4.78, 5) is 28.0. The molecule has 1 aromatic heterocycles. The minimum absolute atomic E-state index is 0.0287. The van der Waals surface area contributed by atoms with Crippen LogP contribution in [0.5, 0.6) is 5.75 Å². The second kappa shape index (κ2) is 15.3. The Bertz CT molecular complexity index is 2050. The molecule has 0 aliphatic rings. The number of hydrogen-bond donors (Lipinski definition) is 5. The second-order valence-electron chi connectivity index (χ2n) is 11.8. The molecule has 0 radical (unpaired) electrons. The number of aromatic amines is 1. The number of anilines is 2. The standard InChI is InChI=1S/C40H38N4O4/c1-27(23-29-13-10-16-31(24-29)42-40(47)43-35-18-9-8-17-32(35)30-14-6-3-7-15-30)41-25-36(45)33-19-21-37(39-34(33)20-22-38(46)44-39)48-26-28-11-4-2-5-12-28/h2-22,24,27,36,41,45H,23,25-26H2,1H3,(H,44,46)(H2,42,43,47)/t27?,36-/m0/s1. The van der Waals surface area contributed by atoms with Crippen LogP contribution in [0.2, 0.25) is 0 Å². The molecule has 6 aromatic rings. The van der Waals surface area contributed by atoms with Crippen LogP contribution in [0.25, 0.3) is 22.0 Å². The first-order valence-corrected chi connectivity index (χ1v) is 16.0. The van der Waals surface area contributed by atoms with Gasteiger partial charge >= 0.3 is 6.03 Å². The number of H-pyrrole nitrogens is 1. The van der Waals surface area contributed by atoms with Crippen LogP contribution in [0.3, 0.4) is 0 Å². The van der Waals surface area contributed by atoms with Crippen molar-refractivity contribution in [1.29, 1.82) is 0 Å². The van der Waals surface area contributed by atoms with Gasteiger partial charge in [0.1, 0.15) is 12.4 Å². The van der Waals surface area contributed by atoms with Crippen molar-refractivity contribution in [2.75, 3.05) is 17.2 Å². The number of urea groups is 1. The van der Waals surface area contributed by atoms with Crippen LogP contribution >= 0.6 is 0 Å². The Morgan fingerprint density at radius 1 is 0.792 bits per heavy atom. The molecule has 0 aliphatic carbocycles. The molecule has 5 N–H and O–H groups in total. The normalized spacial score (nSPS) is 12.3. The molecule has 8 heteroatoms. The third-order valence-corrected chi connectivity index (χ3v) is 8.13. The monoisotopic (exact) mass is 638 g/mol. The fourth-order valence-corrected chi connectivity index (χ4v) is 5.76. The van der Waals surface area contributed by atoms with Crippen molar-refractivity contribution in [2.24, 2.45) is 0 Å². The summed E-state index contributed by atoms with van der Waals surface area (Å²) >= 11 is 0. The molecule has 5 aromatic carbocycles. The van der Waals surface area contributed by atoms with Gasteiger partial charge in [-0.05, 0) is 65.9 Å². The first-order valence-electron chi connectivity index (χ1n) is 16.0. The minimum Gasteiger partial charge on any atom is -0.487 e. The van der Waals surface area contributed by atoms with Gasteiger partial charge in [0.2, 0.25) is 5.56 Å². The summed E-state index contributed by atoms with van der Waals surface area (Å²) in [5.74, 6) is 0.548. The quantitative estimate of drug-likeness (QED) is 0.0944. The van der Waals surface area contributed by atoms with E-state index in [4.69, 9.17) is 4.74 Å². The number of para-hydroxylation sites is 1. The summed E-state index contributed by atoms with van der Waals surface area (Å²) in [5, 5.41) is 21.3. The molecule has 0 fully saturated rings. The van der Waals surface area contributed by atoms with Crippen LogP contribution in [0, 0.1) is 0 Å². The molecule has 0 aliphatic heterocycles. The second-order valence-corrected chi connectivity index (χ2v) is 11.8. The van der Waals surface area contributed by atoms with E-state index in [1.807, 2.05) is 115 Å². The first-order chi connectivity index (χ1) is 23.4. The lowest BCUT2D eigenvalue weighted by atomic mass is 10.0. The maximum Gasteiger partial charge on any atom is 0.323 e. The van der Waals surface area contributed by atoms with E-state index in [1.165, 1.54) is 6.07 Å². The third kappa shape index (κ3) is 8.17. The number of fused-ring (bicyclic) bond motifs is 1. The van der Waals surface area contributed by atoms with E-state index in [0.29, 0.717) is 42.1 Å². The van der Waals surface area contributed by atoms with Gasteiger partial charge in [0.25, 0.3) is 0 Å². The largest absolute Gasteiger partial charge is 0.487 e. The molecule has 0 saturated carbocycles. The average Bonchev–Trinajstić information content (AvgIpc) is 3.10. The highest BCUT2D eigenvalue weighted by Gasteiger charge is 2.17. The first kappa shape index (κ1) is 32.2. The third-order valence-electron chi connectivity index (χ3n) is 8.13. The number of aliphatic hydroxyl groups excluding tert-OH is 1. The van der Waals surface area contributed by atoms with Crippen molar-refractivity contribution in [2.45, 2.75) is 32.1 Å². The Morgan fingerprint density at radius 2 is 1.52 bits per heavy atom. The van der Waals surface area contributed by atoms with Crippen LogP contribution in [0.4, 0.5) is 16.2 Å². The van der Waals surface area contributed by atoms with Crippen LogP contribution in [-0.4, -0.2) is 28.7 Å². The van der Waals surface area contributed by atoms with Crippen molar-refractivity contribution >= 4 is 28.3 Å². The van der Waals surface area contributed by atoms with Gasteiger partial charge in [0.05, 0.1) is 17.3 Å². The summed E-state index contributed by atoms with van der Waals surface area (Å²) in [6.45, 7) is 2.72. The number of hydrogen-bond acceptors (Lipinski definition) is 5. The molecular formula is C40H38N4O4. The Hall–Kier alpha value is -5.70. The summed E-state index contributed by atoms with van der Waals surface area (Å²) in [6, 6.07) is 41.7. The zero-order chi connectivity index (χ0) is 33.3. The Kier molecular flexibility index (Phi) is 10.3. The van der Waals surface area contributed by atoms with Gasteiger partial charge in [0.15, 0.2) is 0 Å². The zero-order valence-corrected chi connectivity index (χ0v) is 26.6. The van der Waals surface area contributed by atoms with E-state index in [9.17, 15) is 14.7 Å². The number of amides is 2. The van der Waals surface area contributed by atoms with E-state index in [1.54, 1.807) is 12.1 Å². The average molecular weight is 639 g/mol. The number of carbonyl (C=O) groups excluding carboxylic acids is 1. The molecule has 242 valence electrons. The molecule has 8 nitrogen and oxygen atoms in total. The zero-order valence-electron chi connectivity index (χ0n) is 26.6. The van der Waals surface area contributed by atoms with Crippen molar-refractivity contribution < 1.29 is 14.6 Å². The summed E-state index contributed by atoms with van der Waals surface area (Å²) < 4.78 is 6.05. The maximum absolute atomic E-state index is 13.0. The summed E-state index contributed by atoms with van der Waals surface area (Å²) in [5.41, 5.74) is 6.44. The fourth-order valence-electron chi connectivity index (χ4n) is 5.76. The van der Waals surface area contributed by atoms with Gasteiger partial charge < -0.3 is 30.8 Å². The Labute approximate surface area is 279 Å². The fraction of sp³-hybridized carbons (Fsp3) is 0.150. The van der Waals surface area contributed by atoms with E-state index < -0.39 is 6.10 Å². The number of nitrogens with one attached hydrogen (secondary N) is 4. The van der Waals surface area contributed by atoms with Gasteiger partial charge in [-0.2, -0.15) is 0 Å². The molecule has 0 bridgehead atoms. The van der Waals surface area contributed by atoms with Crippen molar-refractivity contribution in [3.63, 3.8) is 0 Å². The number of ether oxygens (including phenoxy) is 1. The number of rotatable bonds is 12. The van der Waals surface area contributed by atoms with Gasteiger partial charge in [0, 0.05) is 35.3 Å². The smallest absolute Gasteiger partial charge is 0.323 e. The number of pyridine rings is 1. The van der Waals surface area contributed by atoms with E-state index in [0.717, 1.165) is 33.3 Å². The molecule has 6 rings (SSSR count). The van der Waals surface area contributed by atoms with E-state index >= 15 is 0 Å². The molecule has 48 heavy (non-hydrogen) atoms. The highest BCUT2D eigenvalue weighted by molar-refractivity contribution is 6.02. The molecule has 0 spiro atoms. The molecule has 0 saturated heterocycles. The SMILES string of the molecule is CC(Cc1cccc(NC(=O)Nc2ccccc2-c2ccccc2)c1)NC[C@H](O)c1ccc(OCc2ccccc2)c2[nH]c(=O)ccc12. The highest BCUT2D eigenvalue weighted by atomic mass is 16.5. The summed E-state index contributed by atoms with van der Waals surface area (Å²) in [6.07, 6.45) is -0.138. The van der Waals surface area contributed by atoms with Crippen LogP contribution < -0.4 is 26.2 Å². The van der Waals surface area contributed by atoms with Crippen LogP contribution in [0.15, 0.2) is 138 Å². The van der Waals surface area contributed by atoms with Crippen molar-refractivity contribution in [1.82, 2.24) is 10.3 Å². The summed E-state index contributed by atoms with van der Waals surface area (Å²) in [7, 11) is 0. The predicted octanol–water partition coefficient (Wildman–Crippen LogP) is 7.67. The molecule has 2 amide bonds. The number of carbonyl (C=O) groups is 1. The number of aliphatic hydroxyl groups is 1.